The summed E-state index contributed by atoms with van der Waals surface area (Å²) in [5.74, 6) is -1.90. The Morgan fingerprint density at radius 1 is 1.18 bits per heavy atom. The summed E-state index contributed by atoms with van der Waals surface area (Å²) < 4.78 is 5.16. The van der Waals surface area contributed by atoms with Crippen LogP contribution < -0.4 is 10.7 Å². The van der Waals surface area contributed by atoms with Crippen LogP contribution in [0.25, 0.3) is 0 Å². The predicted octanol–water partition coefficient (Wildman–Crippen LogP) is 1.81. The van der Waals surface area contributed by atoms with Crippen LogP contribution in [0.1, 0.15) is 33.5 Å². The van der Waals surface area contributed by atoms with Gasteiger partial charge in [0.1, 0.15) is 5.76 Å². The van der Waals surface area contributed by atoms with Crippen LogP contribution in [0.2, 0.25) is 0 Å². The lowest BCUT2D eigenvalue weighted by molar-refractivity contribution is -0.139. The molecule has 22 heavy (non-hydrogen) atoms. The van der Waals surface area contributed by atoms with Crippen LogP contribution in [0, 0.1) is 13.8 Å². The van der Waals surface area contributed by atoms with E-state index in [-0.39, 0.29) is 16.9 Å². The smallest absolute Gasteiger partial charge is 0.330 e. The maximum Gasteiger partial charge on any atom is 0.330 e. The Morgan fingerprint density at radius 3 is 2.50 bits per heavy atom. The molecule has 6 heteroatoms. The lowest BCUT2D eigenvalue weighted by Gasteiger charge is -2.15. The number of benzene rings is 1. The van der Waals surface area contributed by atoms with Crippen LogP contribution >= 0.6 is 0 Å². The second-order valence-corrected chi connectivity index (χ2v) is 4.93. The van der Waals surface area contributed by atoms with Crippen molar-refractivity contribution < 1.29 is 19.1 Å². The van der Waals surface area contributed by atoms with E-state index in [0.29, 0.717) is 5.56 Å². The topological polar surface area (TPSA) is 96.6 Å². The number of aryl methyl sites for hydroxylation is 2. The molecule has 0 aliphatic rings. The maximum absolute atomic E-state index is 12.1. The molecule has 1 atom stereocenters. The second kappa shape index (κ2) is 6.26. The van der Waals surface area contributed by atoms with Gasteiger partial charge in [-0.15, -0.1) is 0 Å². The standard InChI is InChI=1S/C16H15NO5/c1-9-4-3-5-11(6-9)14(16(20)21)17-15(19)13-8-12(18)7-10(2)22-13/h3-8,14H,1-2H3,(H,17,19)(H,20,21). The molecule has 1 unspecified atom stereocenters. The van der Waals surface area contributed by atoms with Gasteiger partial charge in [-0.25, -0.2) is 4.79 Å². The van der Waals surface area contributed by atoms with Crippen molar-refractivity contribution in [3.63, 3.8) is 0 Å². The number of nitrogens with one attached hydrogen (secondary N) is 1. The first-order chi connectivity index (χ1) is 10.4. The first kappa shape index (κ1) is 15.5. The molecule has 1 aromatic carbocycles. The molecule has 0 saturated heterocycles. The van der Waals surface area contributed by atoms with E-state index in [2.05, 4.69) is 5.32 Å². The Labute approximate surface area is 126 Å². The number of rotatable bonds is 4. The van der Waals surface area contributed by atoms with Crippen LogP contribution in [0.4, 0.5) is 0 Å². The normalized spacial score (nSPS) is 11.7. The molecule has 6 nitrogen and oxygen atoms in total. The predicted molar refractivity (Wildman–Crippen MR) is 78.7 cm³/mol. The fourth-order valence-electron chi connectivity index (χ4n) is 2.06. The maximum atomic E-state index is 12.1. The highest BCUT2D eigenvalue weighted by molar-refractivity contribution is 5.94. The largest absolute Gasteiger partial charge is 0.479 e. The van der Waals surface area contributed by atoms with E-state index in [1.807, 2.05) is 13.0 Å². The molecule has 0 aliphatic heterocycles. The van der Waals surface area contributed by atoms with Gasteiger partial charge in [-0.3, -0.25) is 9.59 Å². The third-order valence-corrected chi connectivity index (χ3v) is 3.01. The van der Waals surface area contributed by atoms with Gasteiger partial charge < -0.3 is 14.8 Å². The Bertz CT molecular complexity index is 778. The molecule has 1 amide bonds. The summed E-state index contributed by atoms with van der Waals surface area (Å²) in [6, 6.07) is 7.86. The number of carboxylic acid groups (broad SMARTS) is 1. The highest BCUT2D eigenvalue weighted by atomic mass is 16.4. The quantitative estimate of drug-likeness (QED) is 0.897. The van der Waals surface area contributed by atoms with Gasteiger partial charge in [-0.05, 0) is 19.4 Å². The summed E-state index contributed by atoms with van der Waals surface area (Å²) in [5, 5.41) is 11.7. The molecule has 114 valence electrons. The number of carbonyl (C=O) groups excluding carboxylic acids is 1. The summed E-state index contributed by atoms with van der Waals surface area (Å²) in [5.41, 5.74) is 0.937. The molecular weight excluding hydrogens is 286 g/mol. The van der Waals surface area contributed by atoms with E-state index in [9.17, 15) is 19.5 Å². The van der Waals surface area contributed by atoms with Crippen LogP contribution in [-0.2, 0) is 4.79 Å². The Hall–Kier alpha value is -2.89. The summed E-state index contributed by atoms with van der Waals surface area (Å²) in [6.45, 7) is 3.36. The third-order valence-electron chi connectivity index (χ3n) is 3.01. The molecular formula is C16H15NO5. The molecule has 0 spiro atoms. The van der Waals surface area contributed by atoms with Crippen molar-refractivity contribution in [3.8, 4) is 0 Å². The Morgan fingerprint density at radius 2 is 1.91 bits per heavy atom. The first-order valence-corrected chi connectivity index (χ1v) is 6.59. The van der Waals surface area contributed by atoms with Crippen LogP contribution in [0.3, 0.4) is 0 Å². The van der Waals surface area contributed by atoms with Gasteiger partial charge in [0.15, 0.2) is 17.2 Å². The van der Waals surface area contributed by atoms with Crippen molar-refractivity contribution in [1.82, 2.24) is 5.32 Å². The van der Waals surface area contributed by atoms with Crippen molar-refractivity contribution in [3.05, 3.63) is 69.3 Å². The lowest BCUT2D eigenvalue weighted by atomic mass is 10.0. The van der Waals surface area contributed by atoms with Gasteiger partial charge in [0.05, 0.1) is 0 Å². The van der Waals surface area contributed by atoms with Gasteiger partial charge in [0, 0.05) is 12.1 Å². The van der Waals surface area contributed by atoms with Crippen LogP contribution in [-0.4, -0.2) is 17.0 Å². The summed E-state index contributed by atoms with van der Waals surface area (Å²) >= 11 is 0. The zero-order chi connectivity index (χ0) is 16.3. The first-order valence-electron chi connectivity index (χ1n) is 6.59. The fourth-order valence-corrected chi connectivity index (χ4v) is 2.06. The third kappa shape index (κ3) is 3.60. The van der Waals surface area contributed by atoms with Gasteiger partial charge in [0.25, 0.3) is 5.91 Å². The molecule has 0 aliphatic carbocycles. The molecule has 0 fully saturated rings. The Balaban J connectivity index is 2.30. The van der Waals surface area contributed by atoms with E-state index in [4.69, 9.17) is 4.42 Å². The second-order valence-electron chi connectivity index (χ2n) is 4.93. The van der Waals surface area contributed by atoms with Gasteiger partial charge in [-0.2, -0.15) is 0 Å². The molecule has 0 radical (unpaired) electrons. The van der Waals surface area contributed by atoms with E-state index < -0.39 is 17.9 Å². The summed E-state index contributed by atoms with van der Waals surface area (Å²) in [7, 11) is 0. The van der Waals surface area contributed by atoms with Crippen LogP contribution in [0.15, 0.2) is 45.6 Å². The number of carboxylic acids is 1. The number of amides is 1. The molecule has 1 aromatic heterocycles. The highest BCUT2D eigenvalue weighted by Gasteiger charge is 2.24. The number of hydrogen-bond acceptors (Lipinski definition) is 4. The monoisotopic (exact) mass is 301 g/mol. The minimum absolute atomic E-state index is 0.219. The van der Waals surface area contributed by atoms with E-state index in [1.165, 1.54) is 13.0 Å². The summed E-state index contributed by atoms with van der Waals surface area (Å²) in [6.07, 6.45) is 0. The number of hydrogen-bond donors (Lipinski definition) is 2. The van der Waals surface area contributed by atoms with Crippen molar-refractivity contribution in [2.45, 2.75) is 19.9 Å². The zero-order valence-corrected chi connectivity index (χ0v) is 12.1. The lowest BCUT2D eigenvalue weighted by Crippen LogP contribution is -2.34. The van der Waals surface area contributed by atoms with E-state index >= 15 is 0 Å². The van der Waals surface area contributed by atoms with E-state index in [1.54, 1.807) is 18.2 Å². The number of aliphatic carboxylic acids is 1. The van der Waals surface area contributed by atoms with E-state index in [0.717, 1.165) is 11.6 Å². The average Bonchev–Trinajstić information content (AvgIpc) is 2.43. The fraction of sp³-hybridized carbons (Fsp3) is 0.188. The summed E-state index contributed by atoms with van der Waals surface area (Å²) in [4.78, 5) is 34.9. The molecule has 1 heterocycles. The molecule has 2 rings (SSSR count). The average molecular weight is 301 g/mol. The minimum atomic E-state index is -1.22. The van der Waals surface area contributed by atoms with Crippen molar-refractivity contribution in [2.24, 2.45) is 0 Å². The van der Waals surface area contributed by atoms with Gasteiger partial charge in [-0.1, -0.05) is 29.8 Å². The molecule has 2 aromatic rings. The minimum Gasteiger partial charge on any atom is -0.479 e. The SMILES string of the molecule is Cc1cccc(C(NC(=O)c2cc(=O)cc(C)o2)C(=O)O)c1. The van der Waals surface area contributed by atoms with Gasteiger partial charge >= 0.3 is 5.97 Å². The Kier molecular flexibility index (Phi) is 4.41. The highest BCUT2D eigenvalue weighted by Crippen LogP contribution is 2.16. The van der Waals surface area contributed by atoms with Crippen LogP contribution in [0.5, 0.6) is 0 Å². The molecule has 2 N–H and O–H groups in total. The number of carbonyl (C=O) groups is 2. The van der Waals surface area contributed by atoms with Gasteiger partial charge in [0.2, 0.25) is 0 Å². The molecule has 0 saturated carbocycles. The van der Waals surface area contributed by atoms with Crippen molar-refractivity contribution >= 4 is 11.9 Å². The zero-order valence-electron chi connectivity index (χ0n) is 12.1. The van der Waals surface area contributed by atoms with Crippen molar-refractivity contribution in [2.75, 3.05) is 0 Å². The van der Waals surface area contributed by atoms with Crippen molar-refractivity contribution in [1.29, 1.82) is 0 Å². The molecule has 0 bridgehead atoms.